The van der Waals surface area contributed by atoms with E-state index in [4.69, 9.17) is 25.8 Å². The van der Waals surface area contributed by atoms with Crippen LogP contribution in [0.25, 0.3) is 0 Å². The number of sulfonamides is 2. The summed E-state index contributed by atoms with van der Waals surface area (Å²) in [5.74, 6) is 0.264. The second-order valence-corrected chi connectivity index (χ2v) is 11.9. The van der Waals surface area contributed by atoms with E-state index in [0.717, 1.165) is 10.6 Å². The van der Waals surface area contributed by atoms with Gasteiger partial charge in [-0.05, 0) is 54.6 Å². The molecule has 3 rings (SSSR count). The first-order valence-electron chi connectivity index (χ1n) is 10.8. The third kappa shape index (κ3) is 7.00. The van der Waals surface area contributed by atoms with E-state index in [0.29, 0.717) is 11.5 Å². The highest BCUT2D eigenvalue weighted by atomic mass is 35.5. The molecular weight excluding hydrogens is 558 g/mol. The lowest BCUT2D eigenvalue weighted by Crippen LogP contribution is -2.37. The molecule has 0 bridgehead atoms. The number of amides is 1. The van der Waals surface area contributed by atoms with Gasteiger partial charge in [0.25, 0.3) is 10.0 Å². The number of hydrogen-bond acceptors (Lipinski definition) is 8. The lowest BCUT2D eigenvalue weighted by atomic mass is 10.3. The summed E-state index contributed by atoms with van der Waals surface area (Å²) >= 11 is 6.02. The molecule has 0 aliphatic carbocycles. The normalized spacial score (nSPS) is 11.4. The Kier molecular flexibility index (Phi) is 8.97. The molecular formula is C24H26ClN3O8S2. The van der Waals surface area contributed by atoms with E-state index in [2.05, 4.69) is 10.0 Å². The van der Waals surface area contributed by atoms with E-state index in [1.807, 2.05) is 0 Å². The molecule has 3 aromatic carbocycles. The average Bonchev–Trinajstić information content (AvgIpc) is 2.86. The summed E-state index contributed by atoms with van der Waals surface area (Å²) < 4.78 is 69.6. The van der Waals surface area contributed by atoms with Crippen LogP contribution in [0.4, 0.5) is 17.1 Å². The Morgan fingerprint density at radius 2 is 1.50 bits per heavy atom. The van der Waals surface area contributed by atoms with Crippen LogP contribution >= 0.6 is 11.6 Å². The number of methoxy groups -OCH3 is 3. The van der Waals surface area contributed by atoms with Gasteiger partial charge in [-0.15, -0.1) is 0 Å². The fourth-order valence-electron chi connectivity index (χ4n) is 3.38. The third-order valence-electron chi connectivity index (χ3n) is 5.20. The van der Waals surface area contributed by atoms with Gasteiger partial charge in [0.15, 0.2) is 0 Å². The van der Waals surface area contributed by atoms with Crippen molar-refractivity contribution in [3.05, 3.63) is 65.7 Å². The van der Waals surface area contributed by atoms with Crippen LogP contribution in [-0.2, 0) is 24.8 Å². The summed E-state index contributed by atoms with van der Waals surface area (Å²) in [5.41, 5.74) is 0.527. The zero-order valence-electron chi connectivity index (χ0n) is 20.9. The SMILES string of the molecule is COc1ccc(OC)c(NS(=O)(=O)c2ccc(NC(=O)CN(c3cc(Cl)ccc3OC)S(C)(=O)=O)cc2)c1. The molecule has 0 spiro atoms. The van der Waals surface area contributed by atoms with Crippen LogP contribution in [0, 0.1) is 0 Å². The monoisotopic (exact) mass is 583 g/mol. The Bertz CT molecular complexity index is 1530. The molecule has 2 N–H and O–H groups in total. The van der Waals surface area contributed by atoms with Crippen LogP contribution in [0.5, 0.6) is 17.2 Å². The molecule has 14 heteroatoms. The van der Waals surface area contributed by atoms with Crippen molar-refractivity contribution in [1.29, 1.82) is 0 Å². The lowest BCUT2D eigenvalue weighted by molar-refractivity contribution is -0.114. The van der Waals surface area contributed by atoms with Gasteiger partial charge in [0.1, 0.15) is 23.8 Å². The van der Waals surface area contributed by atoms with E-state index < -0.39 is 32.5 Å². The second kappa shape index (κ2) is 11.8. The number of nitrogens with one attached hydrogen (secondary N) is 2. The van der Waals surface area contributed by atoms with Gasteiger partial charge < -0.3 is 19.5 Å². The standard InChI is InChI=1S/C24H26ClN3O8S2/c1-34-18-8-12-22(35-2)20(14-18)27-38(32,33)19-9-6-17(7-10-19)26-24(29)15-28(37(4,30)31)21-13-16(25)5-11-23(21)36-3/h5-14,27H,15H2,1-4H3,(H,26,29). The molecule has 204 valence electrons. The fraction of sp³-hybridized carbons (Fsp3) is 0.208. The maximum atomic E-state index is 12.9. The predicted octanol–water partition coefficient (Wildman–Crippen LogP) is 3.57. The Labute approximate surface area is 226 Å². The van der Waals surface area contributed by atoms with E-state index >= 15 is 0 Å². The number of hydrogen-bond donors (Lipinski definition) is 2. The molecule has 0 atom stereocenters. The third-order valence-corrected chi connectivity index (χ3v) is 7.94. The zero-order valence-corrected chi connectivity index (χ0v) is 23.3. The highest BCUT2D eigenvalue weighted by Gasteiger charge is 2.25. The van der Waals surface area contributed by atoms with Gasteiger partial charge in [-0.3, -0.25) is 13.8 Å². The van der Waals surface area contributed by atoms with Crippen molar-refractivity contribution in [2.45, 2.75) is 4.90 Å². The lowest BCUT2D eigenvalue weighted by Gasteiger charge is -2.24. The minimum Gasteiger partial charge on any atom is -0.497 e. The first-order valence-corrected chi connectivity index (χ1v) is 14.5. The van der Waals surface area contributed by atoms with E-state index in [1.54, 1.807) is 12.1 Å². The summed E-state index contributed by atoms with van der Waals surface area (Å²) in [5, 5.41) is 2.81. The largest absolute Gasteiger partial charge is 0.497 e. The van der Waals surface area contributed by atoms with Crippen molar-refractivity contribution in [3.63, 3.8) is 0 Å². The van der Waals surface area contributed by atoms with E-state index in [1.165, 1.54) is 69.9 Å². The van der Waals surface area contributed by atoms with Crippen LogP contribution in [0.1, 0.15) is 0 Å². The molecule has 0 saturated heterocycles. The summed E-state index contributed by atoms with van der Waals surface area (Å²) in [4.78, 5) is 12.7. The second-order valence-electron chi connectivity index (χ2n) is 7.83. The zero-order chi connectivity index (χ0) is 28.1. The summed E-state index contributed by atoms with van der Waals surface area (Å²) in [7, 11) is -3.69. The van der Waals surface area contributed by atoms with Crippen molar-refractivity contribution in [2.24, 2.45) is 0 Å². The number of nitrogens with zero attached hydrogens (tertiary/aromatic N) is 1. The van der Waals surface area contributed by atoms with Crippen LogP contribution in [-0.4, -0.2) is 56.9 Å². The number of benzene rings is 3. The predicted molar refractivity (Wildman–Crippen MR) is 146 cm³/mol. The summed E-state index contributed by atoms with van der Waals surface area (Å²) in [6.07, 6.45) is 0.949. The van der Waals surface area contributed by atoms with Crippen LogP contribution in [0.15, 0.2) is 65.6 Å². The average molecular weight is 584 g/mol. The van der Waals surface area contributed by atoms with Gasteiger partial charge in [-0.2, -0.15) is 0 Å². The molecule has 1 amide bonds. The van der Waals surface area contributed by atoms with Gasteiger partial charge in [-0.25, -0.2) is 16.8 Å². The highest BCUT2D eigenvalue weighted by molar-refractivity contribution is 7.92. The molecule has 0 radical (unpaired) electrons. The smallest absolute Gasteiger partial charge is 0.262 e. The Morgan fingerprint density at radius 1 is 0.868 bits per heavy atom. The van der Waals surface area contributed by atoms with Gasteiger partial charge in [-0.1, -0.05) is 11.6 Å². The van der Waals surface area contributed by atoms with Gasteiger partial charge >= 0.3 is 0 Å². The first-order chi connectivity index (χ1) is 17.9. The van der Waals surface area contributed by atoms with E-state index in [9.17, 15) is 21.6 Å². The molecule has 0 heterocycles. The Balaban J connectivity index is 1.78. The molecule has 0 fully saturated rings. The van der Waals surface area contributed by atoms with Crippen molar-refractivity contribution < 1.29 is 35.8 Å². The molecule has 0 aromatic heterocycles. The van der Waals surface area contributed by atoms with Gasteiger partial charge in [0.2, 0.25) is 15.9 Å². The molecule has 0 saturated carbocycles. The Morgan fingerprint density at radius 3 is 2.08 bits per heavy atom. The van der Waals surface area contributed by atoms with Crippen LogP contribution in [0.2, 0.25) is 5.02 Å². The minimum atomic E-state index is -4.01. The number of halogens is 1. The highest BCUT2D eigenvalue weighted by Crippen LogP contribution is 2.33. The topological polar surface area (TPSA) is 140 Å². The molecule has 11 nitrogen and oxygen atoms in total. The van der Waals surface area contributed by atoms with Gasteiger partial charge in [0, 0.05) is 16.8 Å². The van der Waals surface area contributed by atoms with E-state index in [-0.39, 0.29) is 32.7 Å². The number of carbonyl (C=O) groups is 1. The number of rotatable bonds is 11. The summed E-state index contributed by atoms with van der Waals surface area (Å²) in [6, 6.07) is 14.4. The number of carbonyl (C=O) groups excluding carboxylic acids is 1. The molecule has 0 aliphatic rings. The Hall–Kier alpha value is -3.68. The molecule has 0 aliphatic heterocycles. The van der Waals surface area contributed by atoms with Crippen molar-refractivity contribution >= 4 is 54.6 Å². The maximum absolute atomic E-state index is 12.9. The quantitative estimate of drug-likeness (QED) is 0.349. The number of ether oxygens (including phenoxy) is 3. The molecule has 0 unspecified atom stereocenters. The maximum Gasteiger partial charge on any atom is 0.262 e. The summed E-state index contributed by atoms with van der Waals surface area (Å²) in [6.45, 7) is -0.577. The van der Waals surface area contributed by atoms with Crippen molar-refractivity contribution in [2.75, 3.05) is 48.5 Å². The number of anilines is 3. The van der Waals surface area contributed by atoms with Crippen LogP contribution in [0.3, 0.4) is 0 Å². The van der Waals surface area contributed by atoms with Crippen molar-refractivity contribution in [1.82, 2.24) is 0 Å². The van der Waals surface area contributed by atoms with Gasteiger partial charge in [0.05, 0.1) is 43.9 Å². The fourth-order valence-corrected chi connectivity index (χ4v) is 5.46. The minimum absolute atomic E-state index is 0.0817. The van der Waals surface area contributed by atoms with Crippen LogP contribution < -0.4 is 28.6 Å². The first kappa shape index (κ1) is 28.9. The molecule has 3 aromatic rings. The van der Waals surface area contributed by atoms with Crippen molar-refractivity contribution in [3.8, 4) is 17.2 Å². The molecule has 38 heavy (non-hydrogen) atoms.